The normalized spacial score (nSPS) is 10.5. The summed E-state index contributed by atoms with van der Waals surface area (Å²) in [5, 5.41) is 0. The summed E-state index contributed by atoms with van der Waals surface area (Å²) < 4.78 is 16.1. The Balaban J connectivity index is 2.07. The van der Waals surface area contributed by atoms with Gasteiger partial charge in [-0.2, -0.15) is 0 Å². The van der Waals surface area contributed by atoms with E-state index in [1.807, 2.05) is 26.0 Å². The number of carbonyl (C=O) groups excluding carboxylic acids is 2. The fraction of sp³-hybridized carbons (Fsp3) is 0.143. The number of carbonyl (C=O) groups is 2. The average molecular weight is 352 g/mol. The first-order valence-electron chi connectivity index (χ1n) is 7.92. The van der Waals surface area contributed by atoms with E-state index < -0.39 is 17.5 Å². The van der Waals surface area contributed by atoms with Crippen molar-refractivity contribution in [3.63, 3.8) is 0 Å². The predicted octanol–water partition coefficient (Wildman–Crippen LogP) is 4.18. The molecule has 0 atom stereocenters. The molecule has 0 aliphatic carbocycles. The Morgan fingerprint density at radius 2 is 1.15 bits per heavy atom. The molecule has 26 heavy (non-hydrogen) atoms. The van der Waals surface area contributed by atoms with Crippen LogP contribution in [0.5, 0.6) is 17.2 Å². The van der Waals surface area contributed by atoms with Gasteiger partial charge in [-0.05, 0) is 55.8 Å². The van der Waals surface area contributed by atoms with Gasteiger partial charge in [-0.15, -0.1) is 0 Å². The van der Waals surface area contributed by atoms with E-state index in [0.29, 0.717) is 17.2 Å². The van der Waals surface area contributed by atoms with Gasteiger partial charge >= 0.3 is 11.9 Å². The van der Waals surface area contributed by atoms with Crippen molar-refractivity contribution in [3.05, 3.63) is 79.4 Å². The molecular weight excluding hydrogens is 332 g/mol. The fourth-order valence-corrected chi connectivity index (χ4v) is 2.17. The smallest absolute Gasteiger partial charge is 0.335 e. The first-order chi connectivity index (χ1) is 12.3. The molecule has 0 unspecified atom stereocenters. The molecule has 0 fully saturated rings. The number of rotatable bonds is 7. The Hall–Kier alpha value is -3.34. The van der Waals surface area contributed by atoms with Crippen molar-refractivity contribution >= 4 is 11.9 Å². The van der Waals surface area contributed by atoms with Crippen molar-refractivity contribution in [1.82, 2.24) is 0 Å². The molecule has 134 valence electrons. The molecule has 0 aliphatic rings. The summed E-state index contributed by atoms with van der Waals surface area (Å²) >= 11 is 0. The average Bonchev–Trinajstić information content (AvgIpc) is 2.63. The SMILES string of the molecule is C=CC(=O)Oc1ccc(OC(C)(C)c2ccc(OC(=O)C=C)cc2)cc1. The van der Waals surface area contributed by atoms with Crippen LogP contribution in [0.1, 0.15) is 19.4 Å². The summed E-state index contributed by atoms with van der Waals surface area (Å²) in [5.74, 6) is 0.439. The molecule has 2 aromatic rings. The zero-order valence-electron chi connectivity index (χ0n) is 14.7. The molecule has 2 rings (SSSR count). The molecule has 0 aliphatic heterocycles. The van der Waals surface area contributed by atoms with E-state index >= 15 is 0 Å². The van der Waals surface area contributed by atoms with Crippen molar-refractivity contribution in [2.75, 3.05) is 0 Å². The third kappa shape index (κ3) is 5.08. The van der Waals surface area contributed by atoms with Crippen LogP contribution >= 0.6 is 0 Å². The van der Waals surface area contributed by atoms with E-state index in [9.17, 15) is 9.59 Å². The summed E-state index contributed by atoms with van der Waals surface area (Å²) in [6.45, 7) is 10.6. The summed E-state index contributed by atoms with van der Waals surface area (Å²) in [6, 6.07) is 13.8. The van der Waals surface area contributed by atoms with E-state index in [-0.39, 0.29) is 0 Å². The minimum atomic E-state index is -0.625. The van der Waals surface area contributed by atoms with Gasteiger partial charge in [-0.3, -0.25) is 0 Å². The van der Waals surface area contributed by atoms with Crippen LogP contribution in [-0.4, -0.2) is 11.9 Å². The highest BCUT2D eigenvalue weighted by Gasteiger charge is 2.23. The summed E-state index contributed by atoms with van der Waals surface area (Å²) in [5.41, 5.74) is 0.276. The van der Waals surface area contributed by atoms with Gasteiger partial charge < -0.3 is 14.2 Å². The van der Waals surface area contributed by atoms with Crippen LogP contribution in [0.4, 0.5) is 0 Å². The van der Waals surface area contributed by atoms with Crippen LogP contribution in [-0.2, 0) is 15.2 Å². The Morgan fingerprint density at radius 1 is 0.769 bits per heavy atom. The number of hydrogen-bond acceptors (Lipinski definition) is 5. The molecule has 0 amide bonds. The lowest BCUT2D eigenvalue weighted by atomic mass is 9.98. The molecule has 0 aromatic heterocycles. The minimum absolute atomic E-state index is 0.411. The number of esters is 2. The second kappa shape index (κ2) is 8.16. The lowest BCUT2D eigenvalue weighted by Crippen LogP contribution is -2.25. The van der Waals surface area contributed by atoms with Crippen molar-refractivity contribution in [1.29, 1.82) is 0 Å². The zero-order chi connectivity index (χ0) is 19.2. The molecular formula is C21H20O5. The van der Waals surface area contributed by atoms with E-state index in [2.05, 4.69) is 13.2 Å². The van der Waals surface area contributed by atoms with Gasteiger partial charge in [0.1, 0.15) is 22.8 Å². The van der Waals surface area contributed by atoms with Crippen molar-refractivity contribution in [2.45, 2.75) is 19.4 Å². The highest BCUT2D eigenvalue weighted by atomic mass is 16.5. The van der Waals surface area contributed by atoms with Gasteiger partial charge in [-0.25, -0.2) is 9.59 Å². The molecule has 2 aromatic carbocycles. The Kier molecular flexibility index (Phi) is 5.96. The van der Waals surface area contributed by atoms with Gasteiger partial charge in [0.2, 0.25) is 0 Å². The van der Waals surface area contributed by atoms with Crippen LogP contribution in [0, 0.1) is 0 Å². The Labute approximate surface area is 152 Å². The van der Waals surface area contributed by atoms with Crippen LogP contribution in [0.25, 0.3) is 0 Å². The monoisotopic (exact) mass is 352 g/mol. The number of hydrogen-bond donors (Lipinski definition) is 0. The first-order valence-corrected chi connectivity index (χ1v) is 7.92. The van der Waals surface area contributed by atoms with Crippen LogP contribution < -0.4 is 14.2 Å². The topological polar surface area (TPSA) is 61.8 Å². The van der Waals surface area contributed by atoms with Crippen molar-refractivity contribution < 1.29 is 23.8 Å². The molecule has 5 heteroatoms. The van der Waals surface area contributed by atoms with Crippen molar-refractivity contribution in [3.8, 4) is 17.2 Å². The third-order valence-corrected chi connectivity index (χ3v) is 3.52. The fourth-order valence-electron chi connectivity index (χ4n) is 2.17. The van der Waals surface area contributed by atoms with Gasteiger partial charge in [-0.1, -0.05) is 25.3 Å². The van der Waals surface area contributed by atoms with E-state index in [1.54, 1.807) is 36.4 Å². The predicted molar refractivity (Wildman–Crippen MR) is 98.2 cm³/mol. The van der Waals surface area contributed by atoms with Gasteiger partial charge in [0, 0.05) is 12.2 Å². The molecule has 0 saturated heterocycles. The largest absolute Gasteiger partial charge is 0.483 e. The van der Waals surface area contributed by atoms with Crippen molar-refractivity contribution in [2.24, 2.45) is 0 Å². The second-order valence-corrected chi connectivity index (χ2v) is 5.86. The van der Waals surface area contributed by atoms with Crippen LogP contribution in [0.2, 0.25) is 0 Å². The molecule has 0 spiro atoms. The lowest BCUT2D eigenvalue weighted by Gasteiger charge is -2.27. The van der Waals surface area contributed by atoms with Gasteiger partial charge in [0.05, 0.1) is 0 Å². The van der Waals surface area contributed by atoms with E-state index in [1.165, 1.54) is 0 Å². The summed E-state index contributed by atoms with van der Waals surface area (Å²) in [6.07, 6.45) is 2.21. The van der Waals surface area contributed by atoms with Gasteiger partial charge in [0.25, 0.3) is 0 Å². The number of benzene rings is 2. The van der Waals surface area contributed by atoms with Crippen LogP contribution in [0.3, 0.4) is 0 Å². The molecule has 0 bridgehead atoms. The Bertz CT molecular complexity index is 801. The summed E-state index contributed by atoms with van der Waals surface area (Å²) in [4.78, 5) is 22.4. The van der Waals surface area contributed by atoms with E-state index in [4.69, 9.17) is 14.2 Å². The summed E-state index contributed by atoms with van der Waals surface area (Å²) in [7, 11) is 0. The second-order valence-electron chi connectivity index (χ2n) is 5.86. The molecule has 5 nitrogen and oxygen atoms in total. The molecule has 0 heterocycles. The lowest BCUT2D eigenvalue weighted by molar-refractivity contribution is -0.129. The van der Waals surface area contributed by atoms with E-state index in [0.717, 1.165) is 17.7 Å². The maximum Gasteiger partial charge on any atom is 0.335 e. The number of ether oxygens (including phenoxy) is 3. The minimum Gasteiger partial charge on any atom is -0.483 e. The van der Waals surface area contributed by atoms with Gasteiger partial charge in [0.15, 0.2) is 0 Å². The molecule has 0 N–H and O–H groups in total. The molecule has 0 radical (unpaired) electrons. The zero-order valence-corrected chi connectivity index (χ0v) is 14.7. The first kappa shape index (κ1) is 19.0. The quantitative estimate of drug-likeness (QED) is 0.425. The molecule has 0 saturated carbocycles. The maximum absolute atomic E-state index is 11.2. The third-order valence-electron chi connectivity index (χ3n) is 3.52. The highest BCUT2D eigenvalue weighted by Crippen LogP contribution is 2.30. The standard InChI is InChI=1S/C21H20O5/c1-5-19(22)24-16-9-7-15(8-10-16)21(3,4)26-18-13-11-17(12-14-18)25-20(23)6-2/h5-14H,1-2H2,3-4H3. The maximum atomic E-state index is 11.2. The highest BCUT2D eigenvalue weighted by molar-refractivity contribution is 5.83. The Morgan fingerprint density at radius 3 is 1.58 bits per heavy atom. The van der Waals surface area contributed by atoms with Crippen LogP contribution in [0.15, 0.2) is 73.8 Å².